The van der Waals surface area contributed by atoms with Gasteiger partial charge in [0.25, 0.3) is 0 Å². The second-order valence-corrected chi connectivity index (χ2v) is 6.54. The van der Waals surface area contributed by atoms with Gasteiger partial charge in [0.2, 0.25) is 0 Å². The summed E-state index contributed by atoms with van der Waals surface area (Å²) < 4.78 is 1.17. The van der Waals surface area contributed by atoms with E-state index in [-0.39, 0.29) is 0 Å². The van der Waals surface area contributed by atoms with Crippen LogP contribution in [0.4, 0.5) is 5.69 Å². The third-order valence-corrected chi connectivity index (χ3v) is 4.45. The van der Waals surface area contributed by atoms with E-state index in [1.54, 1.807) is 0 Å². The normalized spacial score (nSPS) is 15.3. The van der Waals surface area contributed by atoms with Crippen LogP contribution in [0.3, 0.4) is 0 Å². The van der Waals surface area contributed by atoms with Crippen molar-refractivity contribution in [3.05, 3.63) is 28.2 Å². The van der Waals surface area contributed by atoms with Gasteiger partial charge in [0.1, 0.15) is 0 Å². The van der Waals surface area contributed by atoms with Crippen LogP contribution >= 0.6 is 15.9 Å². The molecule has 0 heterocycles. The van der Waals surface area contributed by atoms with Crippen molar-refractivity contribution in [3.8, 4) is 0 Å². The smallest absolute Gasteiger partial charge is 0.0410 e. The third-order valence-electron chi connectivity index (χ3n) is 3.95. The lowest BCUT2D eigenvalue weighted by molar-refractivity contribution is 0.321. The predicted molar refractivity (Wildman–Crippen MR) is 86.8 cm³/mol. The molecule has 0 spiro atoms. The molecule has 1 aromatic rings. The molecular weight excluding hydrogens is 300 g/mol. The van der Waals surface area contributed by atoms with Crippen LogP contribution in [0.1, 0.15) is 38.2 Å². The molecule has 0 bridgehead atoms. The maximum Gasteiger partial charge on any atom is 0.0410 e. The van der Waals surface area contributed by atoms with Crippen molar-refractivity contribution in [2.24, 2.45) is 5.92 Å². The Bertz CT molecular complexity index is 402. The molecule has 0 aromatic heterocycles. The van der Waals surface area contributed by atoms with Gasteiger partial charge in [-0.25, -0.2) is 0 Å². The van der Waals surface area contributed by atoms with E-state index in [0.717, 1.165) is 19.0 Å². The second-order valence-electron chi connectivity index (χ2n) is 5.63. The topological polar surface area (TPSA) is 15.3 Å². The highest BCUT2D eigenvalue weighted by Gasteiger charge is 2.20. The van der Waals surface area contributed by atoms with Crippen LogP contribution in [0.25, 0.3) is 0 Å². The van der Waals surface area contributed by atoms with Crippen molar-refractivity contribution in [1.82, 2.24) is 5.32 Å². The molecule has 0 saturated heterocycles. The van der Waals surface area contributed by atoms with Crippen molar-refractivity contribution < 1.29 is 0 Å². The van der Waals surface area contributed by atoms with Crippen molar-refractivity contribution in [2.75, 3.05) is 25.0 Å². The highest BCUT2D eigenvalue weighted by atomic mass is 79.9. The Morgan fingerprint density at radius 1 is 1.37 bits per heavy atom. The van der Waals surface area contributed by atoms with Crippen LogP contribution in [0.15, 0.2) is 22.7 Å². The van der Waals surface area contributed by atoms with Gasteiger partial charge in [0.15, 0.2) is 0 Å². The number of hydrogen-bond donors (Lipinski definition) is 1. The highest BCUT2D eigenvalue weighted by Crippen LogP contribution is 2.30. The molecule has 0 amide bonds. The van der Waals surface area contributed by atoms with Gasteiger partial charge < -0.3 is 10.2 Å². The number of nitrogens with one attached hydrogen (secondary N) is 1. The fourth-order valence-electron chi connectivity index (χ4n) is 2.63. The molecular formula is C16H25BrN2. The molecule has 1 aliphatic carbocycles. The fourth-order valence-corrected chi connectivity index (χ4v) is 3.04. The first-order chi connectivity index (χ1) is 9.20. The minimum atomic E-state index is 0.907. The molecule has 1 saturated carbocycles. The lowest BCUT2D eigenvalue weighted by Crippen LogP contribution is -2.30. The standard InChI is InChI=1S/C16H25BrN2/c1-3-9-18-11-14-10-15(17)7-8-16(14)19(2)12-13-5-4-6-13/h7-8,10,13,18H,3-6,9,11-12H2,1-2H3. The summed E-state index contributed by atoms with van der Waals surface area (Å²) in [4.78, 5) is 2.43. The number of hydrogen-bond acceptors (Lipinski definition) is 2. The summed E-state index contributed by atoms with van der Waals surface area (Å²) in [5.74, 6) is 0.907. The van der Waals surface area contributed by atoms with E-state index in [2.05, 4.69) is 58.3 Å². The Hall–Kier alpha value is -0.540. The molecule has 1 N–H and O–H groups in total. The molecule has 0 unspecified atom stereocenters. The third kappa shape index (κ3) is 4.22. The molecule has 2 rings (SSSR count). The molecule has 3 heteroatoms. The molecule has 1 fully saturated rings. The second kappa shape index (κ2) is 7.30. The quantitative estimate of drug-likeness (QED) is 0.757. The van der Waals surface area contributed by atoms with E-state index < -0.39 is 0 Å². The number of anilines is 1. The zero-order valence-electron chi connectivity index (χ0n) is 12.1. The SMILES string of the molecule is CCCNCc1cc(Br)ccc1N(C)CC1CCC1. The van der Waals surface area contributed by atoms with Gasteiger partial charge in [0.05, 0.1) is 0 Å². The zero-order valence-corrected chi connectivity index (χ0v) is 13.7. The first-order valence-corrected chi connectivity index (χ1v) is 8.20. The van der Waals surface area contributed by atoms with Gasteiger partial charge in [-0.15, -0.1) is 0 Å². The van der Waals surface area contributed by atoms with Gasteiger partial charge >= 0.3 is 0 Å². The molecule has 0 aliphatic heterocycles. The lowest BCUT2D eigenvalue weighted by Gasteiger charge is -2.32. The van der Waals surface area contributed by atoms with E-state index in [4.69, 9.17) is 0 Å². The number of benzene rings is 1. The van der Waals surface area contributed by atoms with Crippen LogP contribution < -0.4 is 10.2 Å². The Balaban J connectivity index is 2.03. The minimum Gasteiger partial charge on any atom is -0.374 e. The highest BCUT2D eigenvalue weighted by molar-refractivity contribution is 9.10. The average molecular weight is 325 g/mol. The number of rotatable bonds is 7. The van der Waals surface area contributed by atoms with Gasteiger partial charge in [-0.2, -0.15) is 0 Å². The van der Waals surface area contributed by atoms with Crippen LogP contribution in [-0.2, 0) is 6.54 Å². The van der Waals surface area contributed by atoms with E-state index in [0.29, 0.717) is 0 Å². The summed E-state index contributed by atoms with van der Waals surface area (Å²) >= 11 is 3.58. The maximum atomic E-state index is 3.58. The Labute approximate surface area is 125 Å². The molecule has 0 atom stereocenters. The summed E-state index contributed by atoms with van der Waals surface area (Å²) in [6, 6.07) is 6.64. The molecule has 106 valence electrons. The first kappa shape index (κ1) is 14.9. The van der Waals surface area contributed by atoms with Crippen LogP contribution in [0.5, 0.6) is 0 Å². The zero-order chi connectivity index (χ0) is 13.7. The predicted octanol–water partition coefficient (Wildman–Crippen LogP) is 4.19. The monoisotopic (exact) mass is 324 g/mol. The van der Waals surface area contributed by atoms with E-state index >= 15 is 0 Å². The number of nitrogens with zero attached hydrogens (tertiary/aromatic N) is 1. The summed E-state index contributed by atoms with van der Waals surface area (Å²) in [6.45, 7) is 5.44. The van der Waals surface area contributed by atoms with E-state index in [1.165, 1.54) is 48.0 Å². The lowest BCUT2D eigenvalue weighted by atomic mass is 9.85. The van der Waals surface area contributed by atoms with Crippen molar-refractivity contribution in [1.29, 1.82) is 0 Å². The van der Waals surface area contributed by atoms with Crippen LogP contribution in [0, 0.1) is 5.92 Å². The van der Waals surface area contributed by atoms with Gasteiger partial charge in [0, 0.05) is 30.3 Å². The summed E-state index contributed by atoms with van der Waals surface area (Å²) in [7, 11) is 2.23. The van der Waals surface area contributed by atoms with Crippen molar-refractivity contribution in [3.63, 3.8) is 0 Å². The molecule has 1 aliphatic rings. The van der Waals surface area contributed by atoms with Crippen molar-refractivity contribution >= 4 is 21.6 Å². The van der Waals surface area contributed by atoms with Crippen LogP contribution in [0.2, 0.25) is 0 Å². The molecule has 1 aromatic carbocycles. The maximum absolute atomic E-state index is 3.58. The minimum absolute atomic E-state index is 0.907. The molecule has 2 nitrogen and oxygen atoms in total. The van der Waals surface area contributed by atoms with Gasteiger partial charge in [-0.05, 0) is 55.5 Å². The Morgan fingerprint density at radius 3 is 2.79 bits per heavy atom. The molecule has 0 radical (unpaired) electrons. The van der Waals surface area contributed by atoms with Crippen LogP contribution in [-0.4, -0.2) is 20.1 Å². The molecule has 19 heavy (non-hydrogen) atoms. The van der Waals surface area contributed by atoms with E-state index in [1.807, 2.05) is 0 Å². The number of halogens is 1. The largest absolute Gasteiger partial charge is 0.374 e. The Kier molecular flexibility index (Phi) is 5.71. The Morgan fingerprint density at radius 2 is 2.16 bits per heavy atom. The fraction of sp³-hybridized carbons (Fsp3) is 0.625. The van der Waals surface area contributed by atoms with E-state index in [9.17, 15) is 0 Å². The summed E-state index contributed by atoms with van der Waals surface area (Å²) in [6.07, 6.45) is 5.42. The summed E-state index contributed by atoms with van der Waals surface area (Å²) in [5.41, 5.74) is 2.77. The van der Waals surface area contributed by atoms with Gasteiger partial charge in [-0.1, -0.05) is 29.3 Å². The van der Waals surface area contributed by atoms with Crippen molar-refractivity contribution in [2.45, 2.75) is 39.2 Å². The average Bonchev–Trinajstić information content (AvgIpc) is 2.34. The first-order valence-electron chi connectivity index (χ1n) is 7.41. The van der Waals surface area contributed by atoms with Gasteiger partial charge in [-0.3, -0.25) is 0 Å². The summed E-state index contributed by atoms with van der Waals surface area (Å²) in [5, 5.41) is 3.51.